The van der Waals surface area contributed by atoms with Gasteiger partial charge in [0.25, 0.3) is 0 Å². The van der Waals surface area contributed by atoms with E-state index in [9.17, 15) is 27.6 Å². The average molecular weight is 476 g/mol. The van der Waals surface area contributed by atoms with Gasteiger partial charge in [-0.2, -0.15) is 0 Å². The number of nitrogens with one attached hydrogen (secondary N) is 1. The van der Waals surface area contributed by atoms with E-state index in [2.05, 4.69) is 10.1 Å². The van der Waals surface area contributed by atoms with E-state index in [1.807, 2.05) is 6.92 Å². The first-order chi connectivity index (χ1) is 14.5. The molecule has 0 radical (unpaired) electrons. The van der Waals surface area contributed by atoms with Crippen molar-refractivity contribution in [3.8, 4) is 5.75 Å². The summed E-state index contributed by atoms with van der Waals surface area (Å²) in [7, 11) is 0. The topological polar surface area (TPSA) is 92.7 Å². The Morgan fingerprint density at radius 1 is 1.19 bits per heavy atom. The molecule has 168 valence electrons. The number of carbonyl (C=O) groups excluding carboxylic acids is 2. The van der Waals surface area contributed by atoms with Crippen LogP contribution in [0.5, 0.6) is 5.75 Å². The Bertz CT molecular complexity index is 941. The van der Waals surface area contributed by atoms with E-state index in [-0.39, 0.29) is 16.9 Å². The first-order valence-corrected chi connectivity index (χ1v) is 11.1. The number of hydrogen-bond donors (Lipinski definition) is 2. The summed E-state index contributed by atoms with van der Waals surface area (Å²) in [5.41, 5.74) is 0.353. The number of carbonyl (C=O) groups is 3. The number of carboxylic acid groups (broad SMARTS) is 1. The SMILES string of the molecule is CCc1cc(C(=O)c2ccc(OC(F)(F)F)cc2)c(NC(=O)CSC(CC)C(=O)O)s1. The van der Waals surface area contributed by atoms with Gasteiger partial charge in [0.1, 0.15) is 16.0 Å². The summed E-state index contributed by atoms with van der Waals surface area (Å²) < 4.78 is 40.7. The predicted molar refractivity (Wildman–Crippen MR) is 113 cm³/mol. The zero-order valence-electron chi connectivity index (χ0n) is 16.6. The van der Waals surface area contributed by atoms with Crippen LogP contribution in [0.25, 0.3) is 0 Å². The summed E-state index contributed by atoms with van der Waals surface area (Å²) in [4.78, 5) is 37.1. The van der Waals surface area contributed by atoms with Crippen molar-refractivity contribution >= 4 is 45.8 Å². The summed E-state index contributed by atoms with van der Waals surface area (Å²) >= 11 is 2.20. The third-order valence-corrected chi connectivity index (χ3v) is 6.60. The maximum absolute atomic E-state index is 12.9. The molecule has 1 atom stereocenters. The largest absolute Gasteiger partial charge is 0.573 e. The van der Waals surface area contributed by atoms with Gasteiger partial charge in [0.05, 0.1) is 11.3 Å². The van der Waals surface area contributed by atoms with Gasteiger partial charge < -0.3 is 15.2 Å². The van der Waals surface area contributed by atoms with Crippen molar-refractivity contribution in [1.29, 1.82) is 0 Å². The molecule has 0 aliphatic carbocycles. The molecule has 1 heterocycles. The van der Waals surface area contributed by atoms with Crippen LogP contribution in [0.1, 0.15) is 41.1 Å². The van der Waals surface area contributed by atoms with Crippen LogP contribution in [-0.4, -0.2) is 40.1 Å². The second kappa shape index (κ2) is 10.7. The normalized spacial score (nSPS) is 12.3. The highest BCUT2D eigenvalue weighted by atomic mass is 32.2. The van der Waals surface area contributed by atoms with Crippen LogP contribution in [0.3, 0.4) is 0 Å². The van der Waals surface area contributed by atoms with Crippen molar-refractivity contribution in [2.75, 3.05) is 11.1 Å². The van der Waals surface area contributed by atoms with Gasteiger partial charge in [-0.3, -0.25) is 14.4 Å². The Balaban J connectivity index is 2.16. The number of rotatable bonds is 10. The predicted octanol–water partition coefficient (Wildman–Crippen LogP) is 4.98. The molecule has 0 bridgehead atoms. The van der Waals surface area contributed by atoms with E-state index >= 15 is 0 Å². The molecule has 0 saturated carbocycles. The zero-order valence-corrected chi connectivity index (χ0v) is 18.2. The minimum absolute atomic E-state index is 0.0960. The van der Waals surface area contributed by atoms with Gasteiger partial charge in [-0.05, 0) is 43.2 Å². The summed E-state index contributed by atoms with van der Waals surface area (Å²) in [5, 5.41) is 11.3. The first-order valence-electron chi connectivity index (χ1n) is 9.21. The molecule has 0 fully saturated rings. The molecule has 2 aromatic rings. The Morgan fingerprint density at radius 3 is 2.35 bits per heavy atom. The van der Waals surface area contributed by atoms with Crippen LogP contribution >= 0.6 is 23.1 Å². The van der Waals surface area contributed by atoms with Crippen LogP contribution in [0, 0.1) is 0 Å². The van der Waals surface area contributed by atoms with Gasteiger partial charge in [0.2, 0.25) is 5.91 Å². The van der Waals surface area contributed by atoms with Crippen LogP contribution in [0.2, 0.25) is 0 Å². The Hall–Kier alpha value is -2.53. The summed E-state index contributed by atoms with van der Waals surface area (Å²) in [5.74, 6) is -2.45. The van der Waals surface area contributed by atoms with Crippen molar-refractivity contribution in [3.63, 3.8) is 0 Å². The smallest absolute Gasteiger partial charge is 0.480 e. The van der Waals surface area contributed by atoms with Crippen LogP contribution in [0.15, 0.2) is 30.3 Å². The number of aryl methyl sites for hydroxylation is 1. The van der Waals surface area contributed by atoms with E-state index in [4.69, 9.17) is 5.11 Å². The lowest BCUT2D eigenvalue weighted by atomic mass is 10.0. The Kier molecular flexibility index (Phi) is 8.52. The monoisotopic (exact) mass is 475 g/mol. The molecule has 11 heteroatoms. The second-order valence-corrected chi connectivity index (χ2v) is 8.63. The van der Waals surface area contributed by atoms with Gasteiger partial charge in [-0.25, -0.2) is 0 Å². The molecule has 0 aliphatic heterocycles. The molecule has 1 amide bonds. The van der Waals surface area contributed by atoms with Gasteiger partial charge in [0.15, 0.2) is 5.78 Å². The van der Waals surface area contributed by atoms with Gasteiger partial charge in [-0.1, -0.05) is 13.8 Å². The minimum Gasteiger partial charge on any atom is -0.480 e. The molecule has 1 unspecified atom stereocenters. The highest BCUT2D eigenvalue weighted by Crippen LogP contribution is 2.32. The molecular formula is C20H20F3NO5S2. The Morgan fingerprint density at radius 2 is 1.84 bits per heavy atom. The van der Waals surface area contributed by atoms with E-state index in [1.54, 1.807) is 13.0 Å². The van der Waals surface area contributed by atoms with Gasteiger partial charge >= 0.3 is 12.3 Å². The first kappa shape index (κ1) is 24.7. The minimum atomic E-state index is -4.83. The third-order valence-electron chi connectivity index (χ3n) is 4.04. The molecular weight excluding hydrogens is 455 g/mol. The second-order valence-electron chi connectivity index (χ2n) is 6.30. The maximum atomic E-state index is 12.9. The number of halogens is 3. The number of aliphatic carboxylic acids is 1. The van der Waals surface area contributed by atoms with Crippen molar-refractivity contribution in [1.82, 2.24) is 0 Å². The number of thiophene rings is 1. The third kappa shape index (κ3) is 7.28. The van der Waals surface area contributed by atoms with Crippen molar-refractivity contribution < 1.29 is 37.4 Å². The maximum Gasteiger partial charge on any atom is 0.573 e. The van der Waals surface area contributed by atoms with E-state index in [1.165, 1.54) is 23.5 Å². The highest BCUT2D eigenvalue weighted by Gasteiger charge is 2.31. The number of alkyl halides is 3. The fourth-order valence-electron chi connectivity index (χ4n) is 2.54. The number of hydrogen-bond acceptors (Lipinski definition) is 6. The lowest BCUT2D eigenvalue weighted by Crippen LogP contribution is -2.21. The van der Waals surface area contributed by atoms with Crippen LogP contribution < -0.4 is 10.1 Å². The molecule has 31 heavy (non-hydrogen) atoms. The summed E-state index contributed by atoms with van der Waals surface area (Å²) in [6, 6.07) is 6.14. The van der Waals surface area contributed by atoms with Crippen molar-refractivity contribution in [2.45, 2.75) is 38.3 Å². The fourth-order valence-corrected chi connectivity index (χ4v) is 4.36. The standard InChI is InChI=1S/C20H20F3NO5S2/c1-3-13-9-14(17(26)11-5-7-12(8-6-11)29-20(21,22)23)18(31-13)24-16(25)10-30-15(4-2)19(27)28/h5-9,15H,3-4,10H2,1-2H3,(H,24,25)(H,27,28). The molecule has 0 spiro atoms. The molecule has 2 rings (SSSR count). The van der Waals surface area contributed by atoms with Gasteiger partial charge in [0, 0.05) is 10.4 Å². The van der Waals surface area contributed by atoms with Crippen molar-refractivity contribution in [3.05, 3.63) is 46.3 Å². The molecule has 6 nitrogen and oxygen atoms in total. The van der Waals surface area contributed by atoms with Crippen LogP contribution in [0.4, 0.5) is 18.2 Å². The zero-order chi connectivity index (χ0) is 23.2. The highest BCUT2D eigenvalue weighted by molar-refractivity contribution is 8.01. The van der Waals surface area contributed by atoms with E-state index < -0.39 is 35.0 Å². The molecule has 0 aliphatic rings. The van der Waals surface area contributed by atoms with Gasteiger partial charge in [-0.15, -0.1) is 36.3 Å². The number of amides is 1. The fraction of sp³-hybridized carbons (Fsp3) is 0.350. The number of ketones is 1. The lowest BCUT2D eigenvalue weighted by molar-refractivity contribution is -0.274. The number of anilines is 1. The van der Waals surface area contributed by atoms with Crippen LogP contribution in [-0.2, 0) is 16.0 Å². The average Bonchev–Trinajstić information content (AvgIpc) is 3.09. The number of benzene rings is 1. The number of carboxylic acids is 1. The molecule has 1 aromatic heterocycles. The molecule has 0 saturated heterocycles. The van der Waals surface area contributed by atoms with E-state index in [0.717, 1.165) is 28.8 Å². The number of thioether (sulfide) groups is 1. The Labute approximate surface area is 184 Å². The quantitative estimate of drug-likeness (QED) is 0.471. The molecule has 1 aromatic carbocycles. The summed E-state index contributed by atoms with van der Waals surface area (Å²) in [6.07, 6.45) is -3.85. The van der Waals surface area contributed by atoms with E-state index in [0.29, 0.717) is 17.8 Å². The summed E-state index contributed by atoms with van der Waals surface area (Å²) in [6.45, 7) is 3.59. The lowest BCUT2D eigenvalue weighted by Gasteiger charge is -2.10. The number of ether oxygens (including phenoxy) is 1. The van der Waals surface area contributed by atoms with Crippen molar-refractivity contribution in [2.24, 2.45) is 0 Å². The molecule has 2 N–H and O–H groups in total.